The van der Waals surface area contributed by atoms with Crippen LogP contribution >= 0.6 is 0 Å². The third-order valence-corrected chi connectivity index (χ3v) is 4.73. The van der Waals surface area contributed by atoms with E-state index in [0.29, 0.717) is 6.54 Å². The smallest absolute Gasteiger partial charge is 0.306 e. The molecule has 0 aliphatic rings. The van der Waals surface area contributed by atoms with Gasteiger partial charge in [0, 0.05) is 24.3 Å². The van der Waals surface area contributed by atoms with Crippen LogP contribution in [0.1, 0.15) is 29.8 Å². The Kier molecular flexibility index (Phi) is 4.37. The van der Waals surface area contributed by atoms with Crippen LogP contribution < -0.4 is 11.0 Å². The number of hydrogen-bond acceptors (Lipinski definition) is 3. The van der Waals surface area contributed by atoms with Crippen LogP contribution in [0, 0.1) is 12.7 Å². The molecule has 0 aliphatic carbocycles. The van der Waals surface area contributed by atoms with Gasteiger partial charge in [-0.25, -0.2) is 13.9 Å². The molecule has 27 heavy (non-hydrogen) atoms. The zero-order chi connectivity index (χ0) is 19.0. The van der Waals surface area contributed by atoms with Crippen molar-refractivity contribution in [2.75, 3.05) is 0 Å². The molecule has 0 amide bonds. The zero-order valence-corrected chi connectivity index (χ0v) is 15.1. The molecule has 0 saturated heterocycles. The van der Waals surface area contributed by atoms with Crippen molar-refractivity contribution in [1.29, 1.82) is 0 Å². The first-order valence-electron chi connectivity index (χ1n) is 8.76. The van der Waals surface area contributed by atoms with Crippen molar-refractivity contribution in [3.05, 3.63) is 81.8 Å². The zero-order valence-electron chi connectivity index (χ0n) is 15.1. The molecule has 4 rings (SSSR count). The van der Waals surface area contributed by atoms with Crippen LogP contribution in [0.3, 0.4) is 0 Å². The Bertz CT molecular complexity index is 1140. The summed E-state index contributed by atoms with van der Waals surface area (Å²) in [5.41, 5.74) is 5.29. The molecule has 0 aliphatic heterocycles. The van der Waals surface area contributed by atoms with E-state index in [0.717, 1.165) is 33.5 Å². The second-order valence-corrected chi connectivity index (χ2v) is 6.65. The molecule has 3 N–H and O–H groups in total. The normalized spacial score (nSPS) is 12.6. The Morgan fingerprint density at radius 2 is 1.89 bits per heavy atom. The molecule has 0 radical (unpaired) electrons. The molecule has 2 aromatic heterocycles. The lowest BCUT2D eigenvalue weighted by Gasteiger charge is -2.14. The first-order valence-corrected chi connectivity index (χ1v) is 8.76. The van der Waals surface area contributed by atoms with Gasteiger partial charge in [-0.1, -0.05) is 6.07 Å². The van der Waals surface area contributed by atoms with Gasteiger partial charge in [-0.2, -0.15) is 5.10 Å². The van der Waals surface area contributed by atoms with Gasteiger partial charge in [0.2, 0.25) is 0 Å². The number of H-pyrrole nitrogens is 2. The largest absolute Gasteiger partial charge is 0.323 e. The molecule has 6 nitrogen and oxygen atoms in total. The van der Waals surface area contributed by atoms with Gasteiger partial charge in [0.15, 0.2) is 0 Å². The second-order valence-electron chi connectivity index (χ2n) is 6.65. The molecule has 2 aromatic carbocycles. The maximum Gasteiger partial charge on any atom is 0.323 e. The first-order chi connectivity index (χ1) is 13.0. The fourth-order valence-corrected chi connectivity index (χ4v) is 3.10. The van der Waals surface area contributed by atoms with E-state index in [-0.39, 0.29) is 17.5 Å². The van der Waals surface area contributed by atoms with Gasteiger partial charge in [0.05, 0.1) is 22.4 Å². The van der Waals surface area contributed by atoms with Crippen LogP contribution in [-0.4, -0.2) is 19.7 Å². The van der Waals surface area contributed by atoms with E-state index in [2.05, 4.69) is 27.3 Å². The predicted molar refractivity (Wildman–Crippen MR) is 102 cm³/mol. The quantitative estimate of drug-likeness (QED) is 0.508. The van der Waals surface area contributed by atoms with Crippen LogP contribution in [0.2, 0.25) is 0 Å². The molecule has 0 saturated carbocycles. The average molecular weight is 365 g/mol. The number of hydrogen-bond donors (Lipinski definition) is 3. The summed E-state index contributed by atoms with van der Waals surface area (Å²) in [7, 11) is 0. The highest BCUT2D eigenvalue weighted by molar-refractivity contribution is 5.75. The third-order valence-electron chi connectivity index (χ3n) is 4.73. The van der Waals surface area contributed by atoms with E-state index in [1.165, 1.54) is 12.1 Å². The summed E-state index contributed by atoms with van der Waals surface area (Å²) in [4.78, 5) is 16.9. The topological polar surface area (TPSA) is 78.5 Å². The van der Waals surface area contributed by atoms with Crippen LogP contribution in [0.4, 0.5) is 4.39 Å². The molecular formula is C20H20FN5O. The maximum absolute atomic E-state index is 13.1. The van der Waals surface area contributed by atoms with Crippen LogP contribution in [0.5, 0.6) is 0 Å². The van der Waals surface area contributed by atoms with Gasteiger partial charge in [-0.15, -0.1) is 0 Å². The standard InChI is InChI=1S/C20H20FN5O/c1-12(14-3-8-18-19(9-14)24-20(27)23-18)22-10-15-11-26(25-13(15)2)17-6-4-16(21)5-7-17/h3-9,11-12,22H,10H2,1-2H3,(H2,23,24,27). The molecule has 0 bridgehead atoms. The van der Waals surface area contributed by atoms with E-state index in [1.807, 2.05) is 31.3 Å². The van der Waals surface area contributed by atoms with Gasteiger partial charge >= 0.3 is 5.69 Å². The van der Waals surface area contributed by atoms with Gasteiger partial charge < -0.3 is 15.3 Å². The number of halogens is 1. The van der Waals surface area contributed by atoms with E-state index in [4.69, 9.17) is 0 Å². The summed E-state index contributed by atoms with van der Waals surface area (Å²) in [5.74, 6) is -0.265. The average Bonchev–Trinajstić information content (AvgIpc) is 3.21. The van der Waals surface area contributed by atoms with Crippen molar-refractivity contribution < 1.29 is 4.39 Å². The number of benzene rings is 2. The number of nitrogens with zero attached hydrogens (tertiary/aromatic N) is 2. The highest BCUT2D eigenvalue weighted by atomic mass is 19.1. The highest BCUT2D eigenvalue weighted by Crippen LogP contribution is 2.18. The first kappa shape index (κ1) is 17.2. The molecule has 1 atom stereocenters. The minimum atomic E-state index is -0.265. The number of fused-ring (bicyclic) bond motifs is 1. The van der Waals surface area contributed by atoms with E-state index >= 15 is 0 Å². The monoisotopic (exact) mass is 365 g/mol. The Hall–Kier alpha value is -3.19. The minimum absolute atomic E-state index is 0.0985. The van der Waals surface area contributed by atoms with Crippen molar-refractivity contribution in [3.63, 3.8) is 0 Å². The molecule has 0 spiro atoms. The number of nitrogens with one attached hydrogen (secondary N) is 3. The van der Waals surface area contributed by atoms with Crippen LogP contribution in [-0.2, 0) is 6.54 Å². The summed E-state index contributed by atoms with van der Waals surface area (Å²) in [6.45, 7) is 4.68. The number of aromatic nitrogens is 4. The second kappa shape index (κ2) is 6.85. The van der Waals surface area contributed by atoms with E-state index in [1.54, 1.807) is 16.8 Å². The lowest BCUT2D eigenvalue weighted by atomic mass is 10.1. The van der Waals surface area contributed by atoms with Crippen molar-refractivity contribution in [2.45, 2.75) is 26.4 Å². The Morgan fingerprint density at radius 1 is 1.15 bits per heavy atom. The van der Waals surface area contributed by atoms with Crippen molar-refractivity contribution >= 4 is 11.0 Å². The van der Waals surface area contributed by atoms with Crippen LogP contribution in [0.15, 0.2) is 53.5 Å². The van der Waals surface area contributed by atoms with E-state index < -0.39 is 0 Å². The van der Waals surface area contributed by atoms with Gasteiger partial charge in [-0.05, 0) is 55.8 Å². The highest BCUT2D eigenvalue weighted by Gasteiger charge is 2.11. The number of rotatable bonds is 5. The van der Waals surface area contributed by atoms with Crippen LogP contribution in [0.25, 0.3) is 16.7 Å². The summed E-state index contributed by atoms with van der Waals surface area (Å²) >= 11 is 0. The minimum Gasteiger partial charge on any atom is -0.306 e. The molecule has 0 fully saturated rings. The lowest BCUT2D eigenvalue weighted by Crippen LogP contribution is -2.18. The molecule has 7 heteroatoms. The Labute approximate surface area is 155 Å². The number of aryl methyl sites for hydroxylation is 1. The van der Waals surface area contributed by atoms with Crippen molar-refractivity contribution in [3.8, 4) is 5.69 Å². The van der Waals surface area contributed by atoms with Crippen molar-refractivity contribution in [1.82, 2.24) is 25.1 Å². The molecule has 4 aromatic rings. The lowest BCUT2D eigenvalue weighted by molar-refractivity contribution is 0.574. The Morgan fingerprint density at radius 3 is 2.67 bits per heavy atom. The van der Waals surface area contributed by atoms with Gasteiger partial charge in [-0.3, -0.25) is 0 Å². The van der Waals surface area contributed by atoms with Crippen molar-refractivity contribution in [2.24, 2.45) is 0 Å². The fraction of sp³-hybridized carbons (Fsp3) is 0.200. The molecular weight excluding hydrogens is 345 g/mol. The van der Waals surface area contributed by atoms with E-state index in [9.17, 15) is 9.18 Å². The maximum atomic E-state index is 13.1. The summed E-state index contributed by atoms with van der Waals surface area (Å²) in [5, 5.41) is 8.00. The SMILES string of the molecule is Cc1nn(-c2ccc(F)cc2)cc1CNC(C)c1ccc2[nH]c(=O)[nH]c2c1. The number of imidazole rings is 1. The number of aromatic amines is 2. The molecule has 1 unspecified atom stereocenters. The molecule has 2 heterocycles. The summed E-state index contributed by atoms with van der Waals surface area (Å²) in [6.07, 6.45) is 1.95. The Balaban J connectivity index is 1.48. The predicted octanol–water partition coefficient (Wildman–Crippen LogP) is 3.34. The molecule has 138 valence electrons. The third kappa shape index (κ3) is 3.54. The van der Waals surface area contributed by atoms with Gasteiger partial charge in [0.1, 0.15) is 5.82 Å². The fourth-order valence-electron chi connectivity index (χ4n) is 3.10. The summed E-state index contributed by atoms with van der Waals surface area (Å²) in [6, 6.07) is 12.2. The summed E-state index contributed by atoms with van der Waals surface area (Å²) < 4.78 is 14.9. The van der Waals surface area contributed by atoms with Gasteiger partial charge in [0.25, 0.3) is 0 Å².